The summed E-state index contributed by atoms with van der Waals surface area (Å²) >= 11 is 0. The third kappa shape index (κ3) is 4.13. The van der Waals surface area contributed by atoms with Crippen LogP contribution in [0.3, 0.4) is 0 Å². The maximum absolute atomic E-state index is 12.5. The first-order chi connectivity index (χ1) is 8.69. The van der Waals surface area contributed by atoms with Crippen molar-refractivity contribution in [1.29, 1.82) is 0 Å². The van der Waals surface area contributed by atoms with Gasteiger partial charge in [-0.2, -0.15) is 13.8 Å². The zero-order chi connectivity index (χ0) is 14.7. The van der Waals surface area contributed by atoms with Gasteiger partial charge in [0.1, 0.15) is 13.2 Å². The topological polar surface area (TPSA) is 74.2 Å². The molecule has 1 aromatic heterocycles. The molecule has 110 valence electrons. The minimum absolute atomic E-state index is 0.00147. The molecule has 0 spiro atoms. The van der Waals surface area contributed by atoms with Crippen LogP contribution in [0, 0.1) is 0 Å². The molecule has 0 saturated heterocycles. The van der Waals surface area contributed by atoms with E-state index in [-0.39, 0.29) is 18.3 Å². The van der Waals surface area contributed by atoms with Crippen LogP contribution in [0.15, 0.2) is 4.52 Å². The molecule has 0 fully saturated rings. The van der Waals surface area contributed by atoms with Crippen molar-refractivity contribution in [3.05, 3.63) is 11.7 Å². The average Bonchev–Trinajstić information content (AvgIpc) is 2.78. The molecule has 0 aliphatic heterocycles. The summed E-state index contributed by atoms with van der Waals surface area (Å²) in [5.74, 6) is -3.96. The van der Waals surface area contributed by atoms with E-state index in [1.807, 2.05) is 0 Å². The molecule has 0 saturated carbocycles. The minimum atomic E-state index is -4.19. The summed E-state index contributed by atoms with van der Waals surface area (Å²) in [6.45, 7) is 1.92. The van der Waals surface area contributed by atoms with E-state index in [4.69, 9.17) is 10.3 Å². The predicted molar refractivity (Wildman–Crippen MR) is 57.0 cm³/mol. The summed E-state index contributed by atoms with van der Waals surface area (Å²) in [5.41, 5.74) is 4.94. The molecule has 0 atom stereocenters. The fourth-order valence-electron chi connectivity index (χ4n) is 1.02. The highest BCUT2D eigenvalue weighted by Gasteiger charge is 2.41. The van der Waals surface area contributed by atoms with Crippen molar-refractivity contribution in [1.82, 2.24) is 10.1 Å². The molecule has 0 unspecified atom stereocenters. The number of alkyl halides is 4. The number of nitrogens with two attached hydrogens (primary N) is 1. The third-order valence-electron chi connectivity index (χ3n) is 2.40. The van der Waals surface area contributed by atoms with Gasteiger partial charge in [0, 0.05) is 6.54 Å². The molecule has 0 aliphatic carbocycles. The molecule has 19 heavy (non-hydrogen) atoms. The van der Waals surface area contributed by atoms with Crippen LogP contribution in [-0.2, 0) is 16.8 Å². The van der Waals surface area contributed by atoms with Crippen molar-refractivity contribution in [2.24, 2.45) is 5.73 Å². The molecular formula is C10H15F4N3O2. The highest BCUT2D eigenvalue weighted by atomic mass is 19.3. The van der Waals surface area contributed by atoms with Crippen molar-refractivity contribution in [3.8, 4) is 0 Å². The van der Waals surface area contributed by atoms with Crippen molar-refractivity contribution < 1.29 is 26.8 Å². The second-order valence-electron chi connectivity index (χ2n) is 4.66. The van der Waals surface area contributed by atoms with Gasteiger partial charge in [0.15, 0.2) is 5.82 Å². The van der Waals surface area contributed by atoms with Crippen LogP contribution in [0.25, 0.3) is 0 Å². The van der Waals surface area contributed by atoms with Gasteiger partial charge in [-0.1, -0.05) is 5.16 Å². The number of nitrogens with zero attached hydrogens (tertiary/aromatic N) is 2. The van der Waals surface area contributed by atoms with Crippen LogP contribution in [-0.4, -0.2) is 35.6 Å². The monoisotopic (exact) mass is 285 g/mol. The van der Waals surface area contributed by atoms with Crippen molar-refractivity contribution in [2.75, 3.05) is 13.2 Å². The zero-order valence-electron chi connectivity index (χ0n) is 10.5. The van der Waals surface area contributed by atoms with Gasteiger partial charge in [-0.25, -0.2) is 8.78 Å². The molecule has 0 aromatic carbocycles. The SMILES string of the molecule is CC(C)(CN)c1nc(COCC(F)(F)C(F)F)no1. The van der Waals surface area contributed by atoms with E-state index >= 15 is 0 Å². The second kappa shape index (κ2) is 5.83. The Morgan fingerprint density at radius 3 is 2.53 bits per heavy atom. The van der Waals surface area contributed by atoms with Gasteiger partial charge in [0.2, 0.25) is 5.89 Å². The van der Waals surface area contributed by atoms with Gasteiger partial charge in [0.25, 0.3) is 0 Å². The van der Waals surface area contributed by atoms with E-state index in [0.717, 1.165) is 0 Å². The summed E-state index contributed by atoms with van der Waals surface area (Å²) in [6, 6.07) is 0. The zero-order valence-corrected chi connectivity index (χ0v) is 10.5. The number of hydrogen-bond donors (Lipinski definition) is 1. The third-order valence-corrected chi connectivity index (χ3v) is 2.40. The lowest BCUT2D eigenvalue weighted by atomic mass is 9.94. The van der Waals surface area contributed by atoms with Crippen LogP contribution in [0.5, 0.6) is 0 Å². The van der Waals surface area contributed by atoms with Gasteiger partial charge in [-0.3, -0.25) is 0 Å². The van der Waals surface area contributed by atoms with E-state index in [0.29, 0.717) is 0 Å². The molecule has 5 nitrogen and oxygen atoms in total. The molecule has 0 amide bonds. The van der Waals surface area contributed by atoms with Gasteiger partial charge in [-0.05, 0) is 13.8 Å². The Morgan fingerprint density at radius 2 is 2.00 bits per heavy atom. The molecule has 0 aliphatic rings. The molecule has 1 heterocycles. The summed E-state index contributed by atoms with van der Waals surface area (Å²) < 4.78 is 58.1. The van der Waals surface area contributed by atoms with E-state index in [9.17, 15) is 17.6 Å². The Labute approximate surface area is 107 Å². The number of hydrogen-bond acceptors (Lipinski definition) is 5. The quantitative estimate of drug-likeness (QED) is 0.772. The van der Waals surface area contributed by atoms with Crippen LogP contribution >= 0.6 is 0 Å². The Bertz CT molecular complexity index is 409. The highest BCUT2D eigenvalue weighted by Crippen LogP contribution is 2.23. The average molecular weight is 285 g/mol. The van der Waals surface area contributed by atoms with Crippen LogP contribution in [0.1, 0.15) is 25.6 Å². The fourth-order valence-corrected chi connectivity index (χ4v) is 1.02. The Morgan fingerprint density at radius 1 is 1.37 bits per heavy atom. The molecule has 2 N–H and O–H groups in total. The highest BCUT2D eigenvalue weighted by molar-refractivity contribution is 5.01. The van der Waals surface area contributed by atoms with Crippen LogP contribution < -0.4 is 5.73 Å². The van der Waals surface area contributed by atoms with Crippen molar-refractivity contribution >= 4 is 0 Å². The van der Waals surface area contributed by atoms with Gasteiger partial charge >= 0.3 is 12.3 Å². The summed E-state index contributed by atoms with van der Waals surface area (Å²) in [6.07, 6.45) is -3.77. The smallest absolute Gasteiger partial charge is 0.330 e. The lowest BCUT2D eigenvalue weighted by molar-refractivity contribution is -0.168. The number of halogens is 4. The van der Waals surface area contributed by atoms with E-state index in [1.165, 1.54) is 0 Å². The fraction of sp³-hybridized carbons (Fsp3) is 0.800. The number of aromatic nitrogens is 2. The first-order valence-electron chi connectivity index (χ1n) is 5.46. The molecule has 1 aromatic rings. The van der Waals surface area contributed by atoms with Crippen LogP contribution in [0.2, 0.25) is 0 Å². The lowest BCUT2D eigenvalue weighted by Gasteiger charge is -2.15. The van der Waals surface area contributed by atoms with Gasteiger partial charge < -0.3 is 15.0 Å². The van der Waals surface area contributed by atoms with Crippen molar-refractivity contribution in [3.63, 3.8) is 0 Å². The molecule has 0 radical (unpaired) electrons. The Balaban J connectivity index is 2.52. The lowest BCUT2D eigenvalue weighted by Crippen LogP contribution is -2.32. The van der Waals surface area contributed by atoms with E-state index < -0.39 is 31.0 Å². The molecular weight excluding hydrogens is 270 g/mol. The number of rotatable bonds is 7. The van der Waals surface area contributed by atoms with Crippen molar-refractivity contribution in [2.45, 2.75) is 38.2 Å². The normalized spacial score (nSPS) is 13.3. The van der Waals surface area contributed by atoms with E-state index in [1.54, 1.807) is 13.8 Å². The summed E-state index contributed by atoms with van der Waals surface area (Å²) in [7, 11) is 0. The first-order valence-corrected chi connectivity index (χ1v) is 5.46. The first kappa shape index (κ1) is 15.8. The van der Waals surface area contributed by atoms with Gasteiger partial charge in [0.05, 0.1) is 5.41 Å². The minimum Gasteiger partial charge on any atom is -0.367 e. The Hall–Kier alpha value is -1.22. The maximum atomic E-state index is 12.5. The summed E-state index contributed by atoms with van der Waals surface area (Å²) in [4.78, 5) is 3.90. The second-order valence-corrected chi connectivity index (χ2v) is 4.66. The summed E-state index contributed by atoms with van der Waals surface area (Å²) in [5, 5.41) is 3.50. The largest absolute Gasteiger partial charge is 0.367 e. The van der Waals surface area contributed by atoms with E-state index in [2.05, 4.69) is 14.9 Å². The number of ether oxygens (including phenoxy) is 1. The standard InChI is InChI=1S/C10H15F4N3O2/c1-9(2,4-15)8-16-6(17-19-8)3-18-5-10(13,14)7(11)12/h7H,3-5,15H2,1-2H3. The maximum Gasteiger partial charge on any atom is 0.330 e. The molecule has 0 bridgehead atoms. The Kier molecular flexibility index (Phi) is 4.86. The van der Waals surface area contributed by atoms with Gasteiger partial charge in [-0.15, -0.1) is 0 Å². The predicted octanol–water partition coefficient (Wildman–Crippen LogP) is 1.72. The molecule has 9 heteroatoms. The molecule has 1 rings (SSSR count). The van der Waals surface area contributed by atoms with Crippen LogP contribution in [0.4, 0.5) is 17.6 Å².